The van der Waals surface area contributed by atoms with E-state index in [2.05, 4.69) is 60.2 Å². The number of rotatable bonds is 7. The zero-order valence-corrected chi connectivity index (χ0v) is 13.4. The van der Waals surface area contributed by atoms with Gasteiger partial charge in [0.1, 0.15) is 5.75 Å². The van der Waals surface area contributed by atoms with Crippen LogP contribution < -0.4 is 10.1 Å². The molecule has 0 aliphatic heterocycles. The van der Waals surface area contributed by atoms with Gasteiger partial charge in [-0.15, -0.1) is 0 Å². The first-order valence-corrected chi connectivity index (χ1v) is 7.43. The molecule has 102 valence electrons. The lowest BCUT2D eigenvalue weighted by molar-refractivity contribution is 0.292. The zero-order chi connectivity index (χ0) is 13.5. The van der Waals surface area contributed by atoms with Crippen LogP contribution in [0.1, 0.15) is 45.2 Å². The van der Waals surface area contributed by atoms with Crippen LogP contribution in [-0.4, -0.2) is 13.7 Å². The molecule has 0 aliphatic rings. The van der Waals surface area contributed by atoms with Gasteiger partial charge in [0.2, 0.25) is 0 Å². The van der Waals surface area contributed by atoms with Crippen LogP contribution in [0.3, 0.4) is 0 Å². The molecule has 0 saturated carbocycles. The molecule has 2 nitrogen and oxygen atoms in total. The molecule has 1 unspecified atom stereocenters. The quantitative estimate of drug-likeness (QED) is 0.746. The van der Waals surface area contributed by atoms with Crippen molar-refractivity contribution in [2.45, 2.75) is 39.7 Å². The van der Waals surface area contributed by atoms with E-state index < -0.39 is 0 Å². The fourth-order valence-electron chi connectivity index (χ4n) is 1.82. The molecule has 3 heteroatoms. The number of nitrogens with one attached hydrogen (secondary N) is 1. The second kappa shape index (κ2) is 7.80. The average molecular weight is 314 g/mol. The summed E-state index contributed by atoms with van der Waals surface area (Å²) >= 11 is 3.50. The topological polar surface area (TPSA) is 21.3 Å². The molecule has 0 amide bonds. The summed E-state index contributed by atoms with van der Waals surface area (Å²) in [6.07, 6.45) is 2.32. The Hall–Kier alpha value is -0.540. The first-order chi connectivity index (χ1) is 8.54. The highest BCUT2D eigenvalue weighted by Gasteiger charge is 2.10. The van der Waals surface area contributed by atoms with Crippen LogP contribution in [0, 0.1) is 5.92 Å². The van der Waals surface area contributed by atoms with Crippen molar-refractivity contribution in [1.29, 1.82) is 0 Å². The molecule has 1 N–H and O–H groups in total. The molecule has 1 atom stereocenters. The van der Waals surface area contributed by atoms with E-state index in [9.17, 15) is 0 Å². The fraction of sp³-hybridized carbons (Fsp3) is 0.600. The van der Waals surface area contributed by atoms with Crippen LogP contribution in [0.5, 0.6) is 5.75 Å². The average Bonchev–Trinajstić information content (AvgIpc) is 2.33. The van der Waals surface area contributed by atoms with Gasteiger partial charge >= 0.3 is 0 Å². The number of hydrogen-bond donors (Lipinski definition) is 1. The number of halogens is 1. The Morgan fingerprint density at radius 2 is 2.00 bits per heavy atom. The maximum Gasteiger partial charge on any atom is 0.125 e. The smallest absolute Gasteiger partial charge is 0.125 e. The van der Waals surface area contributed by atoms with Crippen molar-refractivity contribution in [3.8, 4) is 5.75 Å². The number of ether oxygens (including phenoxy) is 1. The Kier molecular flexibility index (Phi) is 6.72. The lowest BCUT2D eigenvalue weighted by Gasteiger charge is -2.17. The highest BCUT2D eigenvalue weighted by Crippen LogP contribution is 2.28. The molecule has 1 rings (SSSR count). The lowest BCUT2D eigenvalue weighted by atomic mass is 10.1. The number of benzene rings is 1. The molecule has 0 aliphatic carbocycles. The zero-order valence-electron chi connectivity index (χ0n) is 11.8. The molecule has 0 radical (unpaired) electrons. The number of hydrogen-bond acceptors (Lipinski definition) is 2. The van der Waals surface area contributed by atoms with E-state index >= 15 is 0 Å². The van der Waals surface area contributed by atoms with Gasteiger partial charge in [0.25, 0.3) is 0 Å². The van der Waals surface area contributed by atoms with Crippen LogP contribution in [0.4, 0.5) is 0 Å². The SMILES string of the molecule is CNC(C)c1ccc(Br)cc1OCCCC(C)C. The summed E-state index contributed by atoms with van der Waals surface area (Å²) in [5, 5.41) is 3.25. The van der Waals surface area contributed by atoms with Crippen molar-refractivity contribution in [3.05, 3.63) is 28.2 Å². The van der Waals surface area contributed by atoms with Crippen molar-refractivity contribution >= 4 is 15.9 Å². The second-order valence-corrected chi connectivity index (χ2v) is 5.99. The molecule has 0 aromatic heterocycles. The summed E-state index contributed by atoms with van der Waals surface area (Å²) in [6.45, 7) is 7.42. The van der Waals surface area contributed by atoms with Gasteiger partial charge in [-0.2, -0.15) is 0 Å². The maximum atomic E-state index is 5.92. The molecule has 18 heavy (non-hydrogen) atoms. The Morgan fingerprint density at radius 3 is 2.61 bits per heavy atom. The molecular formula is C15H24BrNO. The standard InChI is InChI=1S/C15H24BrNO/c1-11(2)6-5-9-18-15-10-13(16)7-8-14(15)12(3)17-4/h7-8,10-12,17H,5-6,9H2,1-4H3. The molecule has 0 bridgehead atoms. The summed E-state index contributed by atoms with van der Waals surface area (Å²) < 4.78 is 6.98. The van der Waals surface area contributed by atoms with E-state index in [0.29, 0.717) is 6.04 Å². The Bertz CT molecular complexity index is 366. The third-order valence-electron chi connectivity index (χ3n) is 3.06. The van der Waals surface area contributed by atoms with E-state index in [1.807, 2.05) is 7.05 Å². The van der Waals surface area contributed by atoms with Crippen molar-refractivity contribution in [2.24, 2.45) is 5.92 Å². The van der Waals surface area contributed by atoms with Crippen molar-refractivity contribution in [3.63, 3.8) is 0 Å². The van der Waals surface area contributed by atoms with Crippen molar-refractivity contribution in [2.75, 3.05) is 13.7 Å². The first kappa shape index (κ1) is 15.5. The fourth-order valence-corrected chi connectivity index (χ4v) is 2.16. The third-order valence-corrected chi connectivity index (χ3v) is 3.55. The molecular weight excluding hydrogens is 290 g/mol. The molecule has 1 aromatic rings. The summed E-state index contributed by atoms with van der Waals surface area (Å²) in [5.74, 6) is 1.72. The van der Waals surface area contributed by atoms with E-state index in [1.54, 1.807) is 0 Å². The van der Waals surface area contributed by atoms with E-state index in [4.69, 9.17) is 4.74 Å². The van der Waals surface area contributed by atoms with Crippen LogP contribution >= 0.6 is 15.9 Å². The minimum Gasteiger partial charge on any atom is -0.493 e. The van der Waals surface area contributed by atoms with Gasteiger partial charge in [0.15, 0.2) is 0 Å². The van der Waals surface area contributed by atoms with Crippen LogP contribution in [-0.2, 0) is 0 Å². The normalized spacial score (nSPS) is 12.8. The van der Waals surface area contributed by atoms with Gasteiger partial charge < -0.3 is 10.1 Å². The van der Waals surface area contributed by atoms with Crippen LogP contribution in [0.2, 0.25) is 0 Å². The maximum absolute atomic E-state index is 5.92. The lowest BCUT2D eigenvalue weighted by Crippen LogP contribution is -2.14. The van der Waals surface area contributed by atoms with Crippen molar-refractivity contribution in [1.82, 2.24) is 5.32 Å². The van der Waals surface area contributed by atoms with Crippen LogP contribution in [0.15, 0.2) is 22.7 Å². The van der Waals surface area contributed by atoms with E-state index in [0.717, 1.165) is 29.2 Å². The Balaban J connectivity index is 2.64. The molecule has 0 spiro atoms. The van der Waals surface area contributed by atoms with Gasteiger partial charge in [-0.1, -0.05) is 35.8 Å². The Morgan fingerprint density at radius 1 is 1.28 bits per heavy atom. The predicted molar refractivity (Wildman–Crippen MR) is 81.2 cm³/mol. The Labute approximate surface area is 119 Å². The summed E-state index contributed by atoms with van der Waals surface area (Å²) in [7, 11) is 1.97. The summed E-state index contributed by atoms with van der Waals surface area (Å²) in [5.41, 5.74) is 1.21. The largest absolute Gasteiger partial charge is 0.493 e. The van der Waals surface area contributed by atoms with Gasteiger partial charge in [0.05, 0.1) is 6.61 Å². The van der Waals surface area contributed by atoms with Gasteiger partial charge in [-0.25, -0.2) is 0 Å². The predicted octanol–water partition coefficient (Wildman–Crippen LogP) is 4.54. The van der Waals surface area contributed by atoms with Crippen molar-refractivity contribution < 1.29 is 4.74 Å². The summed E-state index contributed by atoms with van der Waals surface area (Å²) in [4.78, 5) is 0. The minimum absolute atomic E-state index is 0.304. The molecule has 0 saturated heterocycles. The second-order valence-electron chi connectivity index (χ2n) is 5.08. The van der Waals surface area contributed by atoms with Gasteiger partial charge in [-0.3, -0.25) is 0 Å². The summed E-state index contributed by atoms with van der Waals surface area (Å²) in [6, 6.07) is 6.53. The van der Waals surface area contributed by atoms with Gasteiger partial charge in [0, 0.05) is 16.1 Å². The highest BCUT2D eigenvalue weighted by atomic mass is 79.9. The minimum atomic E-state index is 0.304. The highest BCUT2D eigenvalue weighted by molar-refractivity contribution is 9.10. The third kappa shape index (κ3) is 4.99. The molecule has 1 aromatic carbocycles. The molecule has 0 fully saturated rings. The van der Waals surface area contributed by atoms with Crippen LogP contribution in [0.25, 0.3) is 0 Å². The monoisotopic (exact) mass is 313 g/mol. The van der Waals surface area contributed by atoms with Gasteiger partial charge in [-0.05, 0) is 44.9 Å². The van der Waals surface area contributed by atoms with E-state index in [-0.39, 0.29) is 0 Å². The van der Waals surface area contributed by atoms with E-state index in [1.165, 1.54) is 12.0 Å². The first-order valence-electron chi connectivity index (χ1n) is 6.64. The molecule has 0 heterocycles.